The molecule has 1 aromatic carbocycles. The van der Waals surface area contributed by atoms with Crippen molar-refractivity contribution in [1.29, 1.82) is 0 Å². The molecule has 19 heavy (non-hydrogen) atoms. The van der Waals surface area contributed by atoms with E-state index in [1.54, 1.807) is 12.4 Å². The molecule has 0 bridgehead atoms. The highest BCUT2D eigenvalue weighted by atomic mass is 16.3. The molecule has 5 heteroatoms. The maximum absolute atomic E-state index is 9.19. The van der Waals surface area contributed by atoms with Crippen LogP contribution in [0.15, 0.2) is 36.8 Å². The molecule has 1 N–H and O–H groups in total. The molecule has 0 aliphatic rings. The molecule has 5 nitrogen and oxygen atoms in total. The average molecular weight is 254 g/mol. The van der Waals surface area contributed by atoms with Gasteiger partial charge in [-0.1, -0.05) is 12.1 Å². The fourth-order valence-corrected chi connectivity index (χ4v) is 1.99. The highest BCUT2D eigenvalue weighted by Crippen LogP contribution is 2.16. The predicted molar refractivity (Wildman–Crippen MR) is 71.5 cm³/mol. The molecule has 0 spiro atoms. The van der Waals surface area contributed by atoms with Gasteiger partial charge in [0.15, 0.2) is 0 Å². The quantitative estimate of drug-likeness (QED) is 0.772. The Morgan fingerprint density at radius 3 is 2.79 bits per heavy atom. The van der Waals surface area contributed by atoms with E-state index < -0.39 is 0 Å². The first kappa shape index (κ1) is 11.8. The zero-order valence-corrected chi connectivity index (χ0v) is 10.6. The SMILES string of the molecule is Cc1cnc(Cn2ncc3ccc(CO)cc32)cn1. The highest BCUT2D eigenvalue weighted by Gasteiger charge is 2.05. The van der Waals surface area contributed by atoms with Crippen molar-refractivity contribution < 1.29 is 5.11 Å². The van der Waals surface area contributed by atoms with Crippen molar-refractivity contribution in [2.24, 2.45) is 0 Å². The topological polar surface area (TPSA) is 63.8 Å². The molecular formula is C14H14N4O. The molecular weight excluding hydrogens is 240 g/mol. The van der Waals surface area contributed by atoms with Crippen molar-refractivity contribution in [2.75, 3.05) is 0 Å². The summed E-state index contributed by atoms with van der Waals surface area (Å²) < 4.78 is 1.87. The summed E-state index contributed by atoms with van der Waals surface area (Å²) in [5, 5.41) is 14.6. The molecule has 2 heterocycles. The molecule has 0 amide bonds. The zero-order valence-electron chi connectivity index (χ0n) is 10.6. The summed E-state index contributed by atoms with van der Waals surface area (Å²) in [7, 11) is 0. The molecule has 0 unspecified atom stereocenters. The van der Waals surface area contributed by atoms with E-state index in [-0.39, 0.29) is 6.61 Å². The van der Waals surface area contributed by atoms with Gasteiger partial charge >= 0.3 is 0 Å². The molecule has 0 atom stereocenters. The summed E-state index contributed by atoms with van der Waals surface area (Å²) >= 11 is 0. The van der Waals surface area contributed by atoms with Gasteiger partial charge in [-0.15, -0.1) is 0 Å². The van der Waals surface area contributed by atoms with Crippen LogP contribution >= 0.6 is 0 Å². The zero-order chi connectivity index (χ0) is 13.2. The molecule has 0 saturated carbocycles. The summed E-state index contributed by atoms with van der Waals surface area (Å²) in [6, 6.07) is 5.81. The first-order valence-electron chi connectivity index (χ1n) is 6.09. The van der Waals surface area contributed by atoms with Crippen LogP contribution in [0.4, 0.5) is 0 Å². The molecule has 0 aliphatic heterocycles. The van der Waals surface area contributed by atoms with Crippen LogP contribution in [-0.2, 0) is 13.2 Å². The summed E-state index contributed by atoms with van der Waals surface area (Å²) in [6.07, 6.45) is 5.33. The van der Waals surface area contributed by atoms with Crippen LogP contribution in [-0.4, -0.2) is 24.9 Å². The third-order valence-electron chi connectivity index (χ3n) is 3.04. The summed E-state index contributed by atoms with van der Waals surface area (Å²) in [6.45, 7) is 2.52. The van der Waals surface area contributed by atoms with Gasteiger partial charge < -0.3 is 5.11 Å². The smallest absolute Gasteiger partial charge is 0.0854 e. The second-order valence-electron chi connectivity index (χ2n) is 4.50. The van der Waals surface area contributed by atoms with E-state index in [9.17, 15) is 5.11 Å². The van der Waals surface area contributed by atoms with Crippen molar-refractivity contribution in [3.63, 3.8) is 0 Å². The van der Waals surface area contributed by atoms with Gasteiger partial charge in [-0.3, -0.25) is 14.6 Å². The third kappa shape index (κ3) is 2.32. The number of hydrogen-bond acceptors (Lipinski definition) is 4. The Labute approximate surface area is 110 Å². The number of nitrogens with zero attached hydrogens (tertiary/aromatic N) is 4. The van der Waals surface area contributed by atoms with Gasteiger partial charge in [0.25, 0.3) is 0 Å². The maximum Gasteiger partial charge on any atom is 0.0854 e. The van der Waals surface area contributed by atoms with Crippen LogP contribution in [0.25, 0.3) is 10.9 Å². The van der Waals surface area contributed by atoms with Crippen molar-refractivity contribution in [3.05, 3.63) is 53.7 Å². The normalized spacial score (nSPS) is 11.1. The first-order valence-corrected chi connectivity index (χ1v) is 6.09. The van der Waals surface area contributed by atoms with E-state index in [0.29, 0.717) is 6.54 Å². The minimum absolute atomic E-state index is 0.0332. The van der Waals surface area contributed by atoms with Crippen LogP contribution in [0.5, 0.6) is 0 Å². The standard InChI is InChI=1S/C14H14N4O/c1-10-5-16-13(7-15-10)8-18-14-4-11(9-19)2-3-12(14)6-17-18/h2-7,19H,8-9H2,1H3. The molecule has 0 aliphatic carbocycles. The van der Waals surface area contributed by atoms with Crippen LogP contribution < -0.4 is 0 Å². The Kier molecular flexibility index (Phi) is 2.97. The van der Waals surface area contributed by atoms with E-state index in [4.69, 9.17) is 0 Å². The predicted octanol–water partition coefficient (Wildman–Crippen LogP) is 1.68. The summed E-state index contributed by atoms with van der Waals surface area (Å²) in [4.78, 5) is 8.56. The van der Waals surface area contributed by atoms with Crippen molar-refractivity contribution in [2.45, 2.75) is 20.1 Å². The summed E-state index contributed by atoms with van der Waals surface area (Å²) in [5.74, 6) is 0. The van der Waals surface area contributed by atoms with Crippen LogP contribution in [0.2, 0.25) is 0 Å². The molecule has 2 aromatic heterocycles. The van der Waals surface area contributed by atoms with Crippen LogP contribution in [0.3, 0.4) is 0 Å². The number of benzene rings is 1. The highest BCUT2D eigenvalue weighted by molar-refractivity contribution is 5.79. The van der Waals surface area contributed by atoms with E-state index in [1.807, 2.05) is 36.0 Å². The van der Waals surface area contributed by atoms with Gasteiger partial charge in [0.05, 0.1) is 42.4 Å². The lowest BCUT2D eigenvalue weighted by atomic mass is 10.2. The van der Waals surface area contributed by atoms with Gasteiger partial charge in [0, 0.05) is 11.6 Å². The fraction of sp³-hybridized carbons (Fsp3) is 0.214. The molecule has 0 radical (unpaired) electrons. The lowest BCUT2D eigenvalue weighted by molar-refractivity contribution is 0.282. The third-order valence-corrected chi connectivity index (χ3v) is 3.04. The van der Waals surface area contributed by atoms with Gasteiger partial charge in [0.1, 0.15) is 0 Å². The first-order chi connectivity index (χ1) is 9.26. The average Bonchev–Trinajstić information content (AvgIpc) is 2.84. The Morgan fingerprint density at radius 2 is 2.05 bits per heavy atom. The van der Waals surface area contributed by atoms with E-state index in [2.05, 4.69) is 15.1 Å². The fourth-order valence-electron chi connectivity index (χ4n) is 1.99. The second-order valence-corrected chi connectivity index (χ2v) is 4.50. The van der Waals surface area contributed by atoms with Gasteiger partial charge in [-0.25, -0.2) is 0 Å². The molecule has 3 rings (SSSR count). The molecule has 96 valence electrons. The van der Waals surface area contributed by atoms with E-state index >= 15 is 0 Å². The van der Waals surface area contributed by atoms with E-state index in [1.165, 1.54) is 0 Å². The number of aliphatic hydroxyl groups excluding tert-OH is 1. The van der Waals surface area contributed by atoms with Crippen molar-refractivity contribution in [3.8, 4) is 0 Å². The van der Waals surface area contributed by atoms with Crippen LogP contribution in [0.1, 0.15) is 17.0 Å². The number of aryl methyl sites for hydroxylation is 1. The van der Waals surface area contributed by atoms with Gasteiger partial charge in [-0.05, 0) is 18.6 Å². The Hall–Kier alpha value is -2.27. The second kappa shape index (κ2) is 4.78. The Bertz CT molecular complexity index is 703. The number of rotatable bonds is 3. The number of aromatic nitrogens is 4. The molecule has 0 saturated heterocycles. The molecule has 0 fully saturated rings. The minimum Gasteiger partial charge on any atom is -0.392 e. The monoisotopic (exact) mass is 254 g/mol. The number of hydrogen-bond donors (Lipinski definition) is 1. The number of aliphatic hydroxyl groups is 1. The van der Waals surface area contributed by atoms with Crippen molar-refractivity contribution >= 4 is 10.9 Å². The Morgan fingerprint density at radius 1 is 1.16 bits per heavy atom. The lowest BCUT2D eigenvalue weighted by Crippen LogP contribution is -2.04. The Balaban J connectivity index is 1.98. The number of fused-ring (bicyclic) bond motifs is 1. The van der Waals surface area contributed by atoms with Gasteiger partial charge in [0.2, 0.25) is 0 Å². The van der Waals surface area contributed by atoms with Crippen molar-refractivity contribution in [1.82, 2.24) is 19.7 Å². The summed E-state index contributed by atoms with van der Waals surface area (Å²) in [5.41, 5.74) is 3.64. The van der Waals surface area contributed by atoms with E-state index in [0.717, 1.165) is 27.9 Å². The lowest BCUT2D eigenvalue weighted by Gasteiger charge is -2.04. The minimum atomic E-state index is 0.0332. The van der Waals surface area contributed by atoms with Gasteiger partial charge in [-0.2, -0.15) is 5.10 Å². The van der Waals surface area contributed by atoms with Crippen LogP contribution in [0, 0.1) is 6.92 Å². The largest absolute Gasteiger partial charge is 0.392 e. The maximum atomic E-state index is 9.19. The molecule has 3 aromatic rings.